The molecule has 1 rings (SSSR count). The van der Waals surface area contributed by atoms with Crippen LogP contribution in [-0.4, -0.2) is 24.2 Å². The fourth-order valence-corrected chi connectivity index (χ4v) is 1.51. The van der Waals surface area contributed by atoms with Gasteiger partial charge in [-0.2, -0.15) is 0 Å². The standard InChI is InChI=1S/C12H17NO3/c1-8-4-5-11(16-3)10(6-8)13-9(2)7-12(14)15/h4-6,9,13H,7H2,1-3H3,(H,14,15). The molecule has 88 valence electrons. The predicted octanol–water partition coefficient (Wildman–Crippen LogP) is 2.28. The lowest BCUT2D eigenvalue weighted by Gasteiger charge is -2.16. The summed E-state index contributed by atoms with van der Waals surface area (Å²) < 4.78 is 5.20. The van der Waals surface area contributed by atoms with Gasteiger partial charge in [0.2, 0.25) is 0 Å². The topological polar surface area (TPSA) is 58.6 Å². The maximum absolute atomic E-state index is 10.6. The van der Waals surface area contributed by atoms with Crippen LogP contribution in [0.3, 0.4) is 0 Å². The van der Waals surface area contributed by atoms with E-state index in [0.717, 1.165) is 17.0 Å². The normalized spacial score (nSPS) is 11.9. The van der Waals surface area contributed by atoms with Crippen LogP contribution in [0.4, 0.5) is 5.69 Å². The maximum atomic E-state index is 10.6. The van der Waals surface area contributed by atoms with Crippen LogP contribution < -0.4 is 10.1 Å². The number of methoxy groups -OCH3 is 1. The lowest BCUT2D eigenvalue weighted by atomic mass is 10.1. The van der Waals surface area contributed by atoms with Crippen molar-refractivity contribution in [2.45, 2.75) is 26.3 Å². The smallest absolute Gasteiger partial charge is 0.305 e. The fraction of sp³-hybridized carbons (Fsp3) is 0.417. The number of anilines is 1. The van der Waals surface area contributed by atoms with Gasteiger partial charge in [0.1, 0.15) is 5.75 Å². The largest absolute Gasteiger partial charge is 0.495 e. The van der Waals surface area contributed by atoms with E-state index in [1.165, 1.54) is 0 Å². The molecule has 0 aromatic heterocycles. The third-order valence-electron chi connectivity index (χ3n) is 2.24. The Balaban J connectivity index is 2.78. The Hall–Kier alpha value is -1.71. The van der Waals surface area contributed by atoms with Crippen LogP contribution >= 0.6 is 0 Å². The van der Waals surface area contributed by atoms with Crippen molar-refractivity contribution in [1.29, 1.82) is 0 Å². The van der Waals surface area contributed by atoms with Gasteiger partial charge in [0, 0.05) is 6.04 Å². The van der Waals surface area contributed by atoms with Crippen molar-refractivity contribution in [2.24, 2.45) is 0 Å². The molecule has 0 aliphatic heterocycles. The summed E-state index contributed by atoms with van der Waals surface area (Å²) in [4.78, 5) is 10.6. The number of hydrogen-bond donors (Lipinski definition) is 2. The molecule has 4 heteroatoms. The molecule has 1 aromatic carbocycles. The molecular weight excluding hydrogens is 206 g/mol. The van der Waals surface area contributed by atoms with E-state index in [9.17, 15) is 4.79 Å². The highest BCUT2D eigenvalue weighted by Crippen LogP contribution is 2.26. The number of benzene rings is 1. The number of rotatable bonds is 5. The minimum atomic E-state index is -0.813. The van der Waals surface area contributed by atoms with Crippen molar-refractivity contribution in [3.05, 3.63) is 23.8 Å². The van der Waals surface area contributed by atoms with Crippen LogP contribution in [0.25, 0.3) is 0 Å². The van der Waals surface area contributed by atoms with Gasteiger partial charge < -0.3 is 15.2 Å². The number of aliphatic carboxylic acids is 1. The van der Waals surface area contributed by atoms with Crippen molar-refractivity contribution in [1.82, 2.24) is 0 Å². The van der Waals surface area contributed by atoms with Crippen molar-refractivity contribution in [2.75, 3.05) is 12.4 Å². The lowest BCUT2D eigenvalue weighted by molar-refractivity contribution is -0.137. The molecule has 0 fully saturated rings. The van der Waals surface area contributed by atoms with Crippen molar-refractivity contribution >= 4 is 11.7 Å². The zero-order valence-electron chi connectivity index (χ0n) is 9.78. The van der Waals surface area contributed by atoms with Gasteiger partial charge >= 0.3 is 5.97 Å². The summed E-state index contributed by atoms with van der Waals surface area (Å²) in [6.45, 7) is 3.81. The lowest BCUT2D eigenvalue weighted by Crippen LogP contribution is -2.19. The molecule has 0 amide bonds. The van der Waals surface area contributed by atoms with E-state index in [0.29, 0.717) is 0 Å². The first kappa shape index (κ1) is 12.4. The van der Waals surface area contributed by atoms with Gasteiger partial charge in [-0.3, -0.25) is 4.79 Å². The highest BCUT2D eigenvalue weighted by molar-refractivity contribution is 5.68. The van der Waals surface area contributed by atoms with Crippen molar-refractivity contribution in [3.8, 4) is 5.75 Å². The molecule has 0 aliphatic rings. The van der Waals surface area contributed by atoms with Crippen LogP contribution in [0.1, 0.15) is 18.9 Å². The molecule has 0 bridgehead atoms. The highest BCUT2D eigenvalue weighted by Gasteiger charge is 2.10. The Morgan fingerprint density at radius 1 is 1.56 bits per heavy atom. The summed E-state index contributed by atoms with van der Waals surface area (Å²) >= 11 is 0. The molecule has 4 nitrogen and oxygen atoms in total. The summed E-state index contributed by atoms with van der Waals surface area (Å²) in [5.74, 6) is -0.0885. The van der Waals surface area contributed by atoms with E-state index in [1.54, 1.807) is 7.11 Å². The van der Waals surface area contributed by atoms with E-state index >= 15 is 0 Å². The average Bonchev–Trinajstić information content (AvgIpc) is 2.16. The molecule has 1 aromatic rings. The molecule has 2 N–H and O–H groups in total. The van der Waals surface area contributed by atoms with Gasteiger partial charge in [0.15, 0.2) is 0 Å². The van der Waals surface area contributed by atoms with E-state index in [1.807, 2.05) is 32.0 Å². The molecule has 0 saturated carbocycles. The number of hydrogen-bond acceptors (Lipinski definition) is 3. The van der Waals surface area contributed by atoms with Crippen molar-refractivity contribution in [3.63, 3.8) is 0 Å². The number of nitrogens with one attached hydrogen (secondary N) is 1. The minimum absolute atomic E-state index is 0.0805. The Morgan fingerprint density at radius 2 is 2.25 bits per heavy atom. The quantitative estimate of drug-likeness (QED) is 0.804. The molecular formula is C12H17NO3. The third-order valence-corrected chi connectivity index (χ3v) is 2.24. The van der Waals surface area contributed by atoms with Crippen molar-refractivity contribution < 1.29 is 14.6 Å². The zero-order chi connectivity index (χ0) is 12.1. The summed E-state index contributed by atoms with van der Waals surface area (Å²) in [6, 6.07) is 5.63. The first-order valence-corrected chi connectivity index (χ1v) is 5.16. The van der Waals surface area contributed by atoms with Gasteiger partial charge in [-0.25, -0.2) is 0 Å². The Morgan fingerprint density at radius 3 is 2.81 bits per heavy atom. The van der Waals surface area contributed by atoms with Gasteiger partial charge in [-0.1, -0.05) is 6.07 Å². The van der Waals surface area contributed by atoms with Gasteiger partial charge in [0.25, 0.3) is 0 Å². The van der Waals surface area contributed by atoms with Gasteiger partial charge in [0.05, 0.1) is 19.2 Å². The first-order chi connectivity index (χ1) is 7.52. The van der Waals surface area contributed by atoms with Crippen LogP contribution in [-0.2, 0) is 4.79 Å². The Labute approximate surface area is 95.2 Å². The number of carboxylic acid groups (broad SMARTS) is 1. The Kier molecular flexibility index (Phi) is 4.17. The Bertz CT molecular complexity index is 377. The van der Waals surface area contributed by atoms with Gasteiger partial charge in [-0.15, -0.1) is 0 Å². The van der Waals surface area contributed by atoms with Crippen LogP contribution in [0.5, 0.6) is 5.75 Å². The monoisotopic (exact) mass is 223 g/mol. The zero-order valence-corrected chi connectivity index (χ0v) is 9.78. The molecule has 0 saturated heterocycles. The highest BCUT2D eigenvalue weighted by atomic mass is 16.5. The predicted molar refractivity (Wildman–Crippen MR) is 63.1 cm³/mol. The summed E-state index contributed by atoms with van der Waals surface area (Å²) in [5.41, 5.74) is 1.93. The molecule has 0 spiro atoms. The van der Waals surface area contributed by atoms with E-state index in [4.69, 9.17) is 9.84 Å². The summed E-state index contributed by atoms with van der Waals surface area (Å²) in [5, 5.41) is 11.8. The third kappa shape index (κ3) is 3.46. The number of ether oxygens (including phenoxy) is 1. The SMILES string of the molecule is COc1ccc(C)cc1NC(C)CC(=O)O. The molecule has 0 heterocycles. The number of carboxylic acids is 1. The summed E-state index contributed by atoms with van der Waals surface area (Å²) in [6.07, 6.45) is 0.0805. The molecule has 1 atom stereocenters. The number of aryl methyl sites for hydroxylation is 1. The van der Waals surface area contributed by atoms with Crippen LogP contribution in [0.2, 0.25) is 0 Å². The number of carbonyl (C=O) groups is 1. The van der Waals surface area contributed by atoms with Crippen LogP contribution in [0.15, 0.2) is 18.2 Å². The van der Waals surface area contributed by atoms with Crippen LogP contribution in [0, 0.1) is 6.92 Å². The molecule has 16 heavy (non-hydrogen) atoms. The first-order valence-electron chi connectivity index (χ1n) is 5.16. The second-order valence-electron chi connectivity index (χ2n) is 3.85. The second kappa shape index (κ2) is 5.39. The maximum Gasteiger partial charge on any atom is 0.305 e. The average molecular weight is 223 g/mol. The molecule has 1 unspecified atom stereocenters. The van der Waals surface area contributed by atoms with E-state index < -0.39 is 5.97 Å². The van der Waals surface area contributed by atoms with Gasteiger partial charge in [-0.05, 0) is 31.5 Å². The second-order valence-corrected chi connectivity index (χ2v) is 3.85. The fourth-order valence-electron chi connectivity index (χ4n) is 1.51. The van der Waals surface area contributed by atoms with E-state index in [2.05, 4.69) is 5.32 Å². The van der Waals surface area contributed by atoms with E-state index in [-0.39, 0.29) is 12.5 Å². The summed E-state index contributed by atoms with van der Waals surface area (Å²) in [7, 11) is 1.59. The molecule has 0 radical (unpaired) electrons. The molecule has 0 aliphatic carbocycles. The minimum Gasteiger partial charge on any atom is -0.495 e.